The molecule has 0 radical (unpaired) electrons. The summed E-state index contributed by atoms with van der Waals surface area (Å²) < 4.78 is 13.2. The van der Waals surface area contributed by atoms with E-state index in [0.717, 1.165) is 55.6 Å². The summed E-state index contributed by atoms with van der Waals surface area (Å²) in [6, 6.07) is 49.9. The summed E-state index contributed by atoms with van der Waals surface area (Å²) in [5.74, 6) is 0. The van der Waals surface area contributed by atoms with Crippen molar-refractivity contribution in [3.63, 3.8) is 0 Å². The van der Waals surface area contributed by atoms with Crippen LogP contribution in [0.1, 0.15) is 0 Å². The Hall–Kier alpha value is -5.45. The largest absolute Gasteiger partial charge is 0.455 e. The fourth-order valence-corrected chi connectivity index (χ4v) is 10.00. The van der Waals surface area contributed by atoms with Gasteiger partial charge in [0.25, 0.3) is 0 Å². The maximum absolute atomic E-state index is 6.61. The summed E-state index contributed by atoms with van der Waals surface area (Å²) in [5.41, 5.74) is 9.57. The van der Waals surface area contributed by atoms with E-state index < -0.39 is 10.0 Å². The second-order valence-corrected chi connectivity index (χ2v) is 16.1. The molecule has 1 aliphatic rings. The molecule has 0 unspecified atom stereocenters. The number of rotatable bonds is 3. The average Bonchev–Trinajstić information content (AvgIpc) is 3.73. The van der Waals surface area contributed by atoms with Gasteiger partial charge in [-0.1, -0.05) is 72.8 Å². The first kappa shape index (κ1) is 25.8. The number of fused-ring (bicyclic) bond motifs is 12. The van der Waals surface area contributed by atoms with Crippen LogP contribution in [0.2, 0.25) is 0 Å². The van der Waals surface area contributed by atoms with Crippen LogP contribution in [-0.2, 0) is 0 Å². The SMILES string of the molecule is CS1(C)c2cc(N(c3ccccc3)c3ccc4c(c3)oc3c5ccccc5ccc43)ccc2-c2c1ccc1c2oc2ccccc21. The van der Waals surface area contributed by atoms with E-state index in [1.165, 1.54) is 37.1 Å². The van der Waals surface area contributed by atoms with Gasteiger partial charge in [0, 0.05) is 65.4 Å². The lowest BCUT2D eigenvalue weighted by Gasteiger charge is -2.30. The number of hydrogen-bond donors (Lipinski definition) is 0. The summed E-state index contributed by atoms with van der Waals surface area (Å²) >= 11 is 0. The van der Waals surface area contributed by atoms with Crippen LogP contribution in [0.5, 0.6) is 0 Å². The number of benzene rings is 7. The normalized spacial score (nSPS) is 14.3. The highest BCUT2D eigenvalue weighted by molar-refractivity contribution is 8.33. The molecular formula is C42H29NO2S. The Bertz CT molecular complexity index is 2680. The fourth-order valence-electron chi connectivity index (χ4n) is 7.50. The highest BCUT2D eigenvalue weighted by Crippen LogP contribution is 2.69. The van der Waals surface area contributed by atoms with E-state index >= 15 is 0 Å². The van der Waals surface area contributed by atoms with E-state index in [-0.39, 0.29) is 0 Å². The molecule has 0 bridgehead atoms. The van der Waals surface area contributed by atoms with Crippen molar-refractivity contribution < 1.29 is 8.83 Å². The fraction of sp³-hybridized carbons (Fsp3) is 0.0476. The molecule has 1 aliphatic heterocycles. The Morgan fingerprint density at radius 3 is 2.00 bits per heavy atom. The molecule has 0 aliphatic carbocycles. The van der Waals surface area contributed by atoms with Gasteiger partial charge in [-0.3, -0.25) is 0 Å². The zero-order valence-corrected chi connectivity index (χ0v) is 26.3. The van der Waals surface area contributed by atoms with Crippen LogP contribution in [0.3, 0.4) is 0 Å². The van der Waals surface area contributed by atoms with Gasteiger partial charge in [-0.2, -0.15) is 10.0 Å². The molecule has 0 atom stereocenters. The summed E-state index contributed by atoms with van der Waals surface area (Å²) in [6.07, 6.45) is 4.82. The summed E-state index contributed by atoms with van der Waals surface area (Å²) in [4.78, 5) is 5.11. The highest BCUT2D eigenvalue weighted by atomic mass is 32.3. The zero-order chi connectivity index (χ0) is 30.6. The van der Waals surface area contributed by atoms with Gasteiger partial charge in [0.05, 0.1) is 0 Å². The molecule has 3 heterocycles. The summed E-state index contributed by atoms with van der Waals surface area (Å²) in [6.45, 7) is 0. The van der Waals surface area contributed by atoms with E-state index in [0.29, 0.717) is 0 Å². The Morgan fingerprint density at radius 2 is 1.11 bits per heavy atom. The Balaban J connectivity index is 1.17. The van der Waals surface area contributed by atoms with Gasteiger partial charge < -0.3 is 13.7 Å². The van der Waals surface area contributed by atoms with Crippen molar-refractivity contribution in [3.8, 4) is 11.1 Å². The second-order valence-electron chi connectivity index (χ2n) is 12.5. The van der Waals surface area contributed by atoms with Gasteiger partial charge in [-0.15, -0.1) is 0 Å². The molecule has 7 aromatic carbocycles. The van der Waals surface area contributed by atoms with Crippen molar-refractivity contribution in [2.45, 2.75) is 9.79 Å². The van der Waals surface area contributed by atoms with Gasteiger partial charge in [0.1, 0.15) is 22.3 Å². The van der Waals surface area contributed by atoms with Crippen LogP contribution in [0.15, 0.2) is 158 Å². The van der Waals surface area contributed by atoms with Crippen molar-refractivity contribution in [1.82, 2.24) is 0 Å². The third kappa shape index (κ3) is 3.50. The molecule has 0 N–H and O–H groups in total. The molecule has 10 rings (SSSR count). The number of para-hydroxylation sites is 2. The molecule has 9 aromatic rings. The lowest BCUT2D eigenvalue weighted by molar-refractivity contribution is 0.669. The van der Waals surface area contributed by atoms with Gasteiger partial charge in [-0.05, 0) is 84.1 Å². The van der Waals surface area contributed by atoms with Gasteiger partial charge in [0.2, 0.25) is 0 Å². The van der Waals surface area contributed by atoms with Crippen LogP contribution in [0, 0.1) is 0 Å². The first-order valence-electron chi connectivity index (χ1n) is 15.6. The number of hydrogen-bond acceptors (Lipinski definition) is 3. The monoisotopic (exact) mass is 611 g/mol. The molecule has 0 saturated carbocycles. The van der Waals surface area contributed by atoms with Crippen LogP contribution in [0.4, 0.5) is 17.1 Å². The zero-order valence-electron chi connectivity index (χ0n) is 25.5. The lowest BCUT2D eigenvalue weighted by atomic mass is 10.0. The second kappa shape index (κ2) is 9.29. The van der Waals surface area contributed by atoms with E-state index in [9.17, 15) is 0 Å². The van der Waals surface area contributed by atoms with Crippen molar-refractivity contribution >= 4 is 81.7 Å². The molecule has 3 nitrogen and oxygen atoms in total. The van der Waals surface area contributed by atoms with E-state index in [2.05, 4.69) is 151 Å². The highest BCUT2D eigenvalue weighted by Gasteiger charge is 2.35. The topological polar surface area (TPSA) is 29.5 Å². The molecular weight excluding hydrogens is 583 g/mol. The van der Waals surface area contributed by atoms with Gasteiger partial charge in [-0.25, -0.2) is 0 Å². The maximum Gasteiger partial charge on any atom is 0.144 e. The van der Waals surface area contributed by atoms with Crippen LogP contribution in [-0.4, -0.2) is 12.5 Å². The van der Waals surface area contributed by atoms with Crippen LogP contribution >= 0.6 is 10.0 Å². The van der Waals surface area contributed by atoms with Crippen LogP contribution in [0.25, 0.3) is 65.8 Å². The molecule has 220 valence electrons. The van der Waals surface area contributed by atoms with Crippen LogP contribution < -0.4 is 4.90 Å². The third-order valence-electron chi connectivity index (χ3n) is 9.72. The number of nitrogens with zero attached hydrogens (tertiary/aromatic N) is 1. The number of furan rings is 2. The molecule has 46 heavy (non-hydrogen) atoms. The summed E-state index contributed by atoms with van der Waals surface area (Å²) in [5, 5.41) is 6.94. The first-order valence-corrected chi connectivity index (χ1v) is 18.0. The molecule has 4 heteroatoms. The molecule has 0 fully saturated rings. The van der Waals surface area contributed by atoms with Crippen molar-refractivity contribution in [2.24, 2.45) is 0 Å². The molecule has 0 spiro atoms. The minimum Gasteiger partial charge on any atom is -0.455 e. The van der Waals surface area contributed by atoms with Gasteiger partial charge >= 0.3 is 0 Å². The standard InChI is InChI=1S/C42H29NO2S/c1-46(2)38-23-22-34-31-14-8-9-15-36(31)44-42(34)40(38)35-21-18-29(25-39(35)46)43(27-11-4-3-5-12-27)28-17-20-32-33-19-16-26-10-6-7-13-30(26)41(33)45-37(32)24-28/h3-25H,1-2H3. The minimum atomic E-state index is -1.29. The minimum absolute atomic E-state index is 0.886. The summed E-state index contributed by atoms with van der Waals surface area (Å²) in [7, 11) is -1.29. The molecule has 0 saturated heterocycles. The molecule has 0 amide bonds. The van der Waals surface area contributed by atoms with Gasteiger partial charge in [0.15, 0.2) is 0 Å². The Morgan fingerprint density at radius 1 is 0.457 bits per heavy atom. The third-order valence-corrected chi connectivity index (χ3v) is 12.6. The quantitative estimate of drug-likeness (QED) is 0.199. The Labute approximate surface area is 267 Å². The average molecular weight is 612 g/mol. The van der Waals surface area contributed by atoms with Crippen molar-refractivity contribution in [1.29, 1.82) is 0 Å². The predicted octanol–water partition coefficient (Wildman–Crippen LogP) is 12.6. The molecule has 2 aromatic heterocycles. The van der Waals surface area contributed by atoms with Crippen molar-refractivity contribution in [2.75, 3.05) is 17.4 Å². The number of anilines is 3. The predicted molar refractivity (Wildman–Crippen MR) is 195 cm³/mol. The van der Waals surface area contributed by atoms with Crippen molar-refractivity contribution in [3.05, 3.63) is 140 Å². The van der Waals surface area contributed by atoms with E-state index in [1.54, 1.807) is 0 Å². The Kier molecular flexibility index (Phi) is 5.22. The smallest absolute Gasteiger partial charge is 0.144 e. The maximum atomic E-state index is 6.61. The first-order chi connectivity index (χ1) is 22.6. The van der Waals surface area contributed by atoms with E-state index in [4.69, 9.17) is 8.83 Å². The lowest BCUT2D eigenvalue weighted by Crippen LogP contribution is -2.10. The van der Waals surface area contributed by atoms with E-state index in [1.807, 2.05) is 6.07 Å².